The van der Waals surface area contributed by atoms with Crippen LogP contribution in [0.5, 0.6) is 17.2 Å². The quantitative estimate of drug-likeness (QED) is 0.384. The molecule has 0 aliphatic heterocycles. The zero-order valence-corrected chi connectivity index (χ0v) is 19.3. The Morgan fingerprint density at radius 3 is 2.28 bits per heavy atom. The lowest BCUT2D eigenvalue weighted by molar-refractivity contribution is -0.117. The Kier molecular flexibility index (Phi) is 9.43. The zero-order valence-electron chi connectivity index (χ0n) is 19.3. The van der Waals surface area contributed by atoms with Crippen molar-refractivity contribution in [2.24, 2.45) is 0 Å². The molecule has 0 spiro atoms. The van der Waals surface area contributed by atoms with Crippen LogP contribution in [0.25, 0.3) is 0 Å². The van der Waals surface area contributed by atoms with E-state index in [4.69, 9.17) is 14.2 Å². The number of rotatable bonds is 11. The first kappa shape index (κ1) is 24.6. The molecule has 0 fully saturated rings. The number of carbonyl (C=O) groups is 1. The van der Waals surface area contributed by atoms with Gasteiger partial charge in [0.1, 0.15) is 17.4 Å². The standard InChI is InChI=1S/C25H31N3O4/c1-6-30-22-11-9-17(4)13-21(22)18(5)28-25(29)19(15-26)16-27-20-10-12-23(31-7-2)24(14-20)32-8-3/h9-14,16,18,27H,6-8H2,1-5H3,(H,28,29)/b19-16-. The van der Waals surface area contributed by atoms with Gasteiger partial charge in [-0.3, -0.25) is 4.79 Å². The van der Waals surface area contributed by atoms with Gasteiger partial charge in [-0.1, -0.05) is 17.7 Å². The molecule has 0 heterocycles. The van der Waals surface area contributed by atoms with Crippen LogP contribution in [0.2, 0.25) is 0 Å². The number of carbonyl (C=O) groups excluding carboxylic acids is 1. The molecule has 2 N–H and O–H groups in total. The molecular formula is C25H31N3O4. The molecule has 1 unspecified atom stereocenters. The number of nitrogens with one attached hydrogen (secondary N) is 2. The molecule has 0 aliphatic carbocycles. The summed E-state index contributed by atoms with van der Waals surface area (Å²) in [6.07, 6.45) is 1.38. The second-order valence-electron chi connectivity index (χ2n) is 7.01. The Bertz CT molecular complexity index is 995. The largest absolute Gasteiger partial charge is 0.494 e. The van der Waals surface area contributed by atoms with Gasteiger partial charge in [-0.05, 0) is 52.8 Å². The first-order valence-corrected chi connectivity index (χ1v) is 10.7. The molecule has 0 radical (unpaired) electrons. The van der Waals surface area contributed by atoms with E-state index in [1.165, 1.54) is 6.20 Å². The molecule has 170 valence electrons. The molecule has 32 heavy (non-hydrogen) atoms. The van der Waals surface area contributed by atoms with E-state index in [2.05, 4.69) is 10.6 Å². The summed E-state index contributed by atoms with van der Waals surface area (Å²) in [5.74, 6) is 1.46. The highest BCUT2D eigenvalue weighted by Gasteiger charge is 2.17. The monoisotopic (exact) mass is 437 g/mol. The molecule has 7 nitrogen and oxygen atoms in total. The van der Waals surface area contributed by atoms with E-state index >= 15 is 0 Å². The summed E-state index contributed by atoms with van der Waals surface area (Å²) in [4.78, 5) is 12.7. The summed E-state index contributed by atoms with van der Waals surface area (Å²) in [5, 5.41) is 15.4. The third kappa shape index (κ3) is 6.67. The average molecular weight is 438 g/mol. The van der Waals surface area contributed by atoms with Crippen molar-refractivity contribution in [3.05, 3.63) is 59.3 Å². The fraction of sp³-hybridized carbons (Fsp3) is 0.360. The molecular weight excluding hydrogens is 406 g/mol. The summed E-state index contributed by atoms with van der Waals surface area (Å²) in [6.45, 7) is 11.1. The van der Waals surface area contributed by atoms with Gasteiger partial charge in [-0.2, -0.15) is 5.26 Å². The Balaban J connectivity index is 2.15. The van der Waals surface area contributed by atoms with Gasteiger partial charge in [-0.15, -0.1) is 0 Å². The Morgan fingerprint density at radius 1 is 1.00 bits per heavy atom. The van der Waals surface area contributed by atoms with Gasteiger partial charge in [0.2, 0.25) is 0 Å². The molecule has 1 atom stereocenters. The number of nitrogens with zero attached hydrogens (tertiary/aromatic N) is 1. The van der Waals surface area contributed by atoms with Crippen LogP contribution in [0.4, 0.5) is 5.69 Å². The summed E-state index contributed by atoms with van der Waals surface area (Å²) < 4.78 is 16.8. The van der Waals surface area contributed by atoms with Crippen LogP contribution in [0, 0.1) is 18.3 Å². The van der Waals surface area contributed by atoms with Crippen molar-refractivity contribution >= 4 is 11.6 Å². The maximum atomic E-state index is 12.7. The number of nitriles is 1. The van der Waals surface area contributed by atoms with Crippen molar-refractivity contribution in [3.63, 3.8) is 0 Å². The predicted octanol–water partition coefficient (Wildman–Crippen LogP) is 4.89. The molecule has 7 heteroatoms. The number of amides is 1. The summed E-state index contributed by atoms with van der Waals surface area (Å²) in [5.41, 5.74) is 2.54. The SMILES string of the molecule is CCOc1ccc(N/C=C(/C#N)C(=O)NC(C)c2cc(C)ccc2OCC)cc1OCC. The van der Waals surface area contributed by atoms with E-state index < -0.39 is 5.91 Å². The molecule has 2 aromatic carbocycles. The second kappa shape index (κ2) is 12.3. The van der Waals surface area contributed by atoms with Crippen LogP contribution in [0.1, 0.15) is 44.9 Å². The van der Waals surface area contributed by atoms with E-state index in [1.54, 1.807) is 18.2 Å². The van der Waals surface area contributed by atoms with E-state index in [-0.39, 0.29) is 11.6 Å². The Labute approximate surface area is 190 Å². The molecule has 2 aromatic rings. The van der Waals surface area contributed by atoms with E-state index in [1.807, 2.05) is 58.9 Å². The zero-order chi connectivity index (χ0) is 23.5. The Hall–Kier alpha value is -3.66. The van der Waals surface area contributed by atoms with Crippen LogP contribution in [0.15, 0.2) is 48.2 Å². The van der Waals surface area contributed by atoms with Gasteiger partial charge in [0, 0.05) is 23.5 Å². The summed E-state index contributed by atoms with van der Waals surface area (Å²) >= 11 is 0. The van der Waals surface area contributed by atoms with Gasteiger partial charge in [0.25, 0.3) is 5.91 Å². The lowest BCUT2D eigenvalue weighted by atomic mass is 10.0. The minimum Gasteiger partial charge on any atom is -0.494 e. The number of hydrogen-bond donors (Lipinski definition) is 2. The van der Waals surface area contributed by atoms with Crippen LogP contribution in [-0.4, -0.2) is 25.7 Å². The number of ether oxygens (including phenoxy) is 3. The van der Waals surface area contributed by atoms with Crippen LogP contribution in [-0.2, 0) is 4.79 Å². The maximum Gasteiger partial charge on any atom is 0.263 e. The third-order valence-corrected chi connectivity index (χ3v) is 4.57. The van der Waals surface area contributed by atoms with Crippen molar-refractivity contribution in [2.75, 3.05) is 25.1 Å². The third-order valence-electron chi connectivity index (χ3n) is 4.57. The highest BCUT2D eigenvalue weighted by atomic mass is 16.5. The average Bonchev–Trinajstić information content (AvgIpc) is 2.77. The fourth-order valence-electron chi connectivity index (χ4n) is 3.09. The van der Waals surface area contributed by atoms with Crippen molar-refractivity contribution in [1.82, 2.24) is 5.32 Å². The fourth-order valence-corrected chi connectivity index (χ4v) is 3.09. The second-order valence-corrected chi connectivity index (χ2v) is 7.01. The lowest BCUT2D eigenvalue weighted by Gasteiger charge is -2.18. The molecule has 0 bridgehead atoms. The van der Waals surface area contributed by atoms with Gasteiger partial charge >= 0.3 is 0 Å². The van der Waals surface area contributed by atoms with Crippen molar-refractivity contribution < 1.29 is 19.0 Å². The molecule has 2 rings (SSSR count). The van der Waals surface area contributed by atoms with E-state index in [9.17, 15) is 10.1 Å². The maximum absolute atomic E-state index is 12.7. The van der Waals surface area contributed by atoms with Crippen LogP contribution >= 0.6 is 0 Å². The summed E-state index contributed by atoms with van der Waals surface area (Å²) in [6, 6.07) is 12.8. The van der Waals surface area contributed by atoms with Gasteiger partial charge in [0.05, 0.1) is 25.9 Å². The highest BCUT2D eigenvalue weighted by molar-refractivity contribution is 5.97. The topological polar surface area (TPSA) is 92.6 Å². The molecule has 1 amide bonds. The first-order chi connectivity index (χ1) is 15.4. The summed E-state index contributed by atoms with van der Waals surface area (Å²) in [7, 11) is 0. The van der Waals surface area contributed by atoms with Crippen LogP contribution < -0.4 is 24.8 Å². The minimum absolute atomic E-state index is 0.0469. The number of aryl methyl sites for hydroxylation is 1. The molecule has 0 saturated heterocycles. The number of hydrogen-bond acceptors (Lipinski definition) is 6. The normalized spacial score (nSPS) is 11.8. The number of anilines is 1. The van der Waals surface area contributed by atoms with E-state index in [0.29, 0.717) is 42.8 Å². The first-order valence-electron chi connectivity index (χ1n) is 10.7. The van der Waals surface area contributed by atoms with Crippen LogP contribution in [0.3, 0.4) is 0 Å². The number of benzene rings is 2. The van der Waals surface area contributed by atoms with Gasteiger partial charge in [-0.25, -0.2) is 0 Å². The van der Waals surface area contributed by atoms with Crippen molar-refractivity contribution in [3.8, 4) is 23.3 Å². The van der Waals surface area contributed by atoms with Gasteiger partial charge < -0.3 is 24.8 Å². The van der Waals surface area contributed by atoms with Gasteiger partial charge in [0.15, 0.2) is 11.5 Å². The Morgan fingerprint density at radius 2 is 1.62 bits per heavy atom. The van der Waals surface area contributed by atoms with E-state index in [0.717, 1.165) is 11.1 Å². The minimum atomic E-state index is -0.479. The predicted molar refractivity (Wildman–Crippen MR) is 125 cm³/mol. The smallest absolute Gasteiger partial charge is 0.263 e. The molecule has 0 aromatic heterocycles. The highest BCUT2D eigenvalue weighted by Crippen LogP contribution is 2.31. The van der Waals surface area contributed by atoms with Crippen molar-refractivity contribution in [2.45, 2.75) is 40.7 Å². The molecule has 0 aliphatic rings. The van der Waals surface area contributed by atoms with Crippen molar-refractivity contribution in [1.29, 1.82) is 5.26 Å². The molecule has 0 saturated carbocycles. The lowest BCUT2D eigenvalue weighted by Crippen LogP contribution is -2.28.